The fraction of sp³-hybridized carbons (Fsp3) is 0. The summed E-state index contributed by atoms with van der Waals surface area (Å²) in [6.45, 7) is 0. The maximum Gasteiger partial charge on any atom is 0.283 e. The molecule has 0 saturated heterocycles. The van der Waals surface area contributed by atoms with Gasteiger partial charge in [-0.05, 0) is 24.3 Å². The zero-order valence-corrected chi connectivity index (χ0v) is 11.1. The van der Waals surface area contributed by atoms with Crippen LogP contribution in [-0.2, 0) is 0 Å². The molecule has 6 heteroatoms. The zero-order valence-electron chi connectivity index (χ0n) is 9.58. The lowest BCUT2D eigenvalue weighted by molar-refractivity contribution is -0.387. The number of halogens is 1. The molecule has 2 aromatic rings. The minimum atomic E-state index is -0.446. The topological polar surface area (TPSA) is 60.2 Å². The fourth-order valence-electron chi connectivity index (χ4n) is 1.52. The SMILES string of the molecule is O=Cc1cc(Cl)ccc1Sc1ccccc1[N+](=O)[O-]. The lowest BCUT2D eigenvalue weighted by Gasteiger charge is -2.05. The second-order valence-corrected chi connectivity index (χ2v) is 5.15. The molecule has 0 aliphatic rings. The molecule has 0 aliphatic carbocycles. The van der Waals surface area contributed by atoms with Crippen LogP contribution >= 0.6 is 23.4 Å². The van der Waals surface area contributed by atoms with Gasteiger partial charge in [-0.25, -0.2) is 0 Å². The molecule has 19 heavy (non-hydrogen) atoms. The lowest BCUT2D eigenvalue weighted by atomic mass is 10.2. The Balaban J connectivity index is 2.42. The van der Waals surface area contributed by atoms with Gasteiger partial charge in [0.1, 0.15) is 0 Å². The van der Waals surface area contributed by atoms with Crippen LogP contribution in [0.3, 0.4) is 0 Å². The van der Waals surface area contributed by atoms with E-state index in [9.17, 15) is 14.9 Å². The Morgan fingerprint density at radius 1 is 1.16 bits per heavy atom. The summed E-state index contributed by atoms with van der Waals surface area (Å²) in [6, 6.07) is 11.2. The second kappa shape index (κ2) is 5.86. The number of carbonyl (C=O) groups is 1. The summed E-state index contributed by atoms with van der Waals surface area (Å²) in [5.41, 5.74) is 0.426. The lowest BCUT2D eigenvalue weighted by Crippen LogP contribution is -1.91. The molecular weight excluding hydrogens is 286 g/mol. The molecule has 0 spiro atoms. The van der Waals surface area contributed by atoms with E-state index in [1.165, 1.54) is 23.9 Å². The number of hydrogen-bond acceptors (Lipinski definition) is 4. The van der Waals surface area contributed by atoms with Gasteiger partial charge in [0.2, 0.25) is 0 Å². The molecule has 2 rings (SSSR count). The number of para-hydroxylation sites is 1. The third kappa shape index (κ3) is 3.13. The monoisotopic (exact) mass is 293 g/mol. The molecule has 0 N–H and O–H groups in total. The smallest absolute Gasteiger partial charge is 0.283 e. The van der Waals surface area contributed by atoms with Gasteiger partial charge in [0.05, 0.1) is 9.82 Å². The average molecular weight is 294 g/mol. The van der Waals surface area contributed by atoms with E-state index in [1.54, 1.807) is 30.3 Å². The number of nitro benzene ring substituents is 1. The highest BCUT2D eigenvalue weighted by Gasteiger charge is 2.15. The molecule has 4 nitrogen and oxygen atoms in total. The Morgan fingerprint density at radius 2 is 1.89 bits per heavy atom. The summed E-state index contributed by atoms with van der Waals surface area (Å²) in [5, 5.41) is 11.4. The Hall–Kier alpha value is -1.85. The van der Waals surface area contributed by atoms with Crippen LogP contribution in [0.25, 0.3) is 0 Å². The van der Waals surface area contributed by atoms with Crippen molar-refractivity contribution in [3.05, 3.63) is 63.2 Å². The first-order valence-corrected chi connectivity index (χ1v) is 6.47. The quantitative estimate of drug-likeness (QED) is 0.481. The number of rotatable bonds is 4. The molecule has 2 aromatic carbocycles. The average Bonchev–Trinajstić information content (AvgIpc) is 2.41. The third-order valence-corrected chi connectivity index (χ3v) is 3.77. The van der Waals surface area contributed by atoms with Crippen LogP contribution in [0.1, 0.15) is 10.4 Å². The summed E-state index contributed by atoms with van der Waals surface area (Å²) in [6.07, 6.45) is 0.684. The van der Waals surface area contributed by atoms with Crippen LogP contribution in [-0.4, -0.2) is 11.2 Å². The fourth-order valence-corrected chi connectivity index (χ4v) is 2.69. The largest absolute Gasteiger partial charge is 0.298 e. The van der Waals surface area contributed by atoms with E-state index in [0.717, 1.165) is 0 Å². The molecule has 0 radical (unpaired) electrons. The van der Waals surface area contributed by atoms with E-state index in [1.807, 2.05) is 0 Å². The van der Waals surface area contributed by atoms with Gasteiger partial charge in [-0.1, -0.05) is 35.5 Å². The molecular formula is C13H8ClNO3S. The van der Waals surface area contributed by atoms with Crippen molar-refractivity contribution >= 4 is 35.3 Å². The van der Waals surface area contributed by atoms with E-state index in [4.69, 9.17) is 11.6 Å². The van der Waals surface area contributed by atoms with E-state index >= 15 is 0 Å². The summed E-state index contributed by atoms with van der Waals surface area (Å²) >= 11 is 6.97. The first kappa shape index (κ1) is 13.6. The number of carbonyl (C=O) groups excluding carboxylic acids is 1. The van der Waals surface area contributed by atoms with Crippen LogP contribution in [0.4, 0.5) is 5.69 Å². The van der Waals surface area contributed by atoms with Gasteiger partial charge in [-0.3, -0.25) is 14.9 Å². The normalized spacial score (nSPS) is 10.2. The Bertz CT molecular complexity index is 646. The highest BCUT2D eigenvalue weighted by molar-refractivity contribution is 7.99. The predicted molar refractivity (Wildman–Crippen MR) is 74.1 cm³/mol. The van der Waals surface area contributed by atoms with Crippen LogP contribution in [0.5, 0.6) is 0 Å². The summed E-state index contributed by atoms with van der Waals surface area (Å²) in [4.78, 5) is 22.6. The van der Waals surface area contributed by atoms with Crippen molar-refractivity contribution in [1.82, 2.24) is 0 Å². The summed E-state index contributed by atoms with van der Waals surface area (Å²) in [5.74, 6) is 0. The van der Waals surface area contributed by atoms with Crippen molar-refractivity contribution in [3.8, 4) is 0 Å². The molecule has 0 aliphatic heterocycles. The van der Waals surface area contributed by atoms with Crippen molar-refractivity contribution in [2.24, 2.45) is 0 Å². The van der Waals surface area contributed by atoms with Crippen LogP contribution in [0.15, 0.2) is 52.3 Å². The van der Waals surface area contributed by atoms with E-state index in [2.05, 4.69) is 0 Å². The first-order valence-electron chi connectivity index (χ1n) is 5.28. The van der Waals surface area contributed by atoms with Crippen molar-refractivity contribution < 1.29 is 9.72 Å². The molecule has 0 amide bonds. The molecule has 0 bridgehead atoms. The molecule has 0 aromatic heterocycles. The highest BCUT2D eigenvalue weighted by Crippen LogP contribution is 2.36. The van der Waals surface area contributed by atoms with Gasteiger partial charge in [0, 0.05) is 21.5 Å². The summed E-state index contributed by atoms with van der Waals surface area (Å²) < 4.78 is 0. The van der Waals surface area contributed by atoms with E-state index in [0.29, 0.717) is 26.7 Å². The van der Waals surface area contributed by atoms with Gasteiger partial charge in [-0.15, -0.1) is 0 Å². The van der Waals surface area contributed by atoms with Crippen molar-refractivity contribution in [2.45, 2.75) is 9.79 Å². The number of nitrogens with zero attached hydrogens (tertiary/aromatic N) is 1. The van der Waals surface area contributed by atoms with E-state index in [-0.39, 0.29) is 5.69 Å². The minimum Gasteiger partial charge on any atom is -0.298 e. The zero-order chi connectivity index (χ0) is 13.8. The molecule has 0 fully saturated rings. The Morgan fingerprint density at radius 3 is 2.58 bits per heavy atom. The van der Waals surface area contributed by atoms with Gasteiger partial charge < -0.3 is 0 Å². The second-order valence-electron chi connectivity index (χ2n) is 3.63. The standard InChI is InChI=1S/C13H8ClNO3S/c14-10-5-6-12(9(7-10)8-16)19-13-4-2-1-3-11(13)15(17)18/h1-8H. The van der Waals surface area contributed by atoms with Crippen molar-refractivity contribution in [2.75, 3.05) is 0 Å². The third-order valence-electron chi connectivity index (χ3n) is 2.38. The molecule has 0 atom stereocenters. The summed E-state index contributed by atoms with van der Waals surface area (Å²) in [7, 11) is 0. The van der Waals surface area contributed by atoms with Crippen LogP contribution in [0, 0.1) is 10.1 Å². The van der Waals surface area contributed by atoms with E-state index < -0.39 is 4.92 Å². The van der Waals surface area contributed by atoms with Gasteiger partial charge in [0.15, 0.2) is 6.29 Å². The first-order chi connectivity index (χ1) is 9.11. The van der Waals surface area contributed by atoms with Gasteiger partial charge in [0.25, 0.3) is 5.69 Å². The number of aldehydes is 1. The maximum atomic E-state index is 11.0. The van der Waals surface area contributed by atoms with Gasteiger partial charge in [-0.2, -0.15) is 0 Å². The Kier molecular flexibility index (Phi) is 4.19. The molecule has 0 saturated carbocycles. The maximum absolute atomic E-state index is 11.0. The number of nitro groups is 1. The molecule has 0 heterocycles. The Labute approximate surface area is 118 Å². The molecule has 96 valence electrons. The van der Waals surface area contributed by atoms with Crippen molar-refractivity contribution in [3.63, 3.8) is 0 Å². The number of hydrogen-bond donors (Lipinski definition) is 0. The van der Waals surface area contributed by atoms with Crippen molar-refractivity contribution in [1.29, 1.82) is 0 Å². The predicted octanol–water partition coefficient (Wildman–Crippen LogP) is 4.21. The molecule has 0 unspecified atom stereocenters. The van der Waals surface area contributed by atoms with Crippen LogP contribution < -0.4 is 0 Å². The van der Waals surface area contributed by atoms with Crippen LogP contribution in [0.2, 0.25) is 5.02 Å². The highest BCUT2D eigenvalue weighted by atomic mass is 35.5. The number of benzene rings is 2. The van der Waals surface area contributed by atoms with Gasteiger partial charge >= 0.3 is 0 Å². The minimum absolute atomic E-state index is 0.0132.